The van der Waals surface area contributed by atoms with Crippen molar-refractivity contribution in [1.29, 1.82) is 0 Å². The third-order valence-electron chi connectivity index (χ3n) is 3.21. The van der Waals surface area contributed by atoms with Gasteiger partial charge in [-0.3, -0.25) is 14.9 Å². The Labute approximate surface area is 114 Å². The maximum atomic E-state index is 11.1. The number of pyridine rings is 1. The SMILES string of the molecule is NC(=O)C1CCN(c2ncc(Cl)cc2[N+](=O)[O-])CC1. The van der Waals surface area contributed by atoms with E-state index in [0.29, 0.717) is 25.9 Å². The van der Waals surface area contributed by atoms with Crippen molar-refractivity contribution in [3.63, 3.8) is 0 Å². The van der Waals surface area contributed by atoms with Gasteiger partial charge in [-0.1, -0.05) is 11.6 Å². The van der Waals surface area contributed by atoms with E-state index in [9.17, 15) is 14.9 Å². The van der Waals surface area contributed by atoms with E-state index in [-0.39, 0.29) is 28.4 Å². The second kappa shape index (κ2) is 5.40. The van der Waals surface area contributed by atoms with Gasteiger partial charge in [0, 0.05) is 31.3 Å². The molecule has 2 N–H and O–H groups in total. The van der Waals surface area contributed by atoms with Gasteiger partial charge in [-0.2, -0.15) is 0 Å². The number of hydrogen-bond acceptors (Lipinski definition) is 5. The average Bonchev–Trinajstić information content (AvgIpc) is 2.38. The van der Waals surface area contributed by atoms with E-state index in [1.54, 1.807) is 4.90 Å². The van der Waals surface area contributed by atoms with E-state index in [0.717, 1.165) is 0 Å². The van der Waals surface area contributed by atoms with Crippen LogP contribution in [0.2, 0.25) is 5.02 Å². The molecule has 1 saturated heterocycles. The third-order valence-corrected chi connectivity index (χ3v) is 3.41. The van der Waals surface area contributed by atoms with E-state index in [1.165, 1.54) is 12.3 Å². The van der Waals surface area contributed by atoms with E-state index in [1.807, 2.05) is 0 Å². The Bertz CT molecular complexity index is 515. The standard InChI is InChI=1S/C11H13ClN4O3/c12-8-5-9(16(18)19)11(14-6-8)15-3-1-7(2-4-15)10(13)17/h5-7H,1-4H2,(H2,13,17). The van der Waals surface area contributed by atoms with Crippen molar-refractivity contribution in [3.8, 4) is 0 Å². The molecule has 0 unspecified atom stereocenters. The van der Waals surface area contributed by atoms with Crippen LogP contribution in [0.3, 0.4) is 0 Å². The van der Waals surface area contributed by atoms with Crippen LogP contribution in [0.25, 0.3) is 0 Å². The number of rotatable bonds is 3. The average molecular weight is 285 g/mol. The molecule has 2 heterocycles. The van der Waals surface area contributed by atoms with Gasteiger partial charge in [-0.05, 0) is 12.8 Å². The largest absolute Gasteiger partial charge is 0.369 e. The highest BCUT2D eigenvalue weighted by atomic mass is 35.5. The maximum Gasteiger partial charge on any atom is 0.313 e. The Morgan fingerprint density at radius 3 is 2.68 bits per heavy atom. The van der Waals surface area contributed by atoms with Crippen molar-refractivity contribution in [2.24, 2.45) is 11.7 Å². The van der Waals surface area contributed by atoms with E-state index < -0.39 is 4.92 Å². The summed E-state index contributed by atoms with van der Waals surface area (Å²) < 4.78 is 0. The molecule has 0 spiro atoms. The fourth-order valence-corrected chi connectivity index (χ4v) is 2.33. The normalized spacial score (nSPS) is 16.4. The van der Waals surface area contributed by atoms with Crippen LogP contribution in [0, 0.1) is 16.0 Å². The predicted octanol–water partition coefficient (Wildman–Crippen LogP) is 1.34. The van der Waals surface area contributed by atoms with Crippen LogP contribution in [0.1, 0.15) is 12.8 Å². The van der Waals surface area contributed by atoms with Gasteiger partial charge in [0.2, 0.25) is 11.7 Å². The monoisotopic (exact) mass is 284 g/mol. The van der Waals surface area contributed by atoms with Crippen LogP contribution >= 0.6 is 11.6 Å². The van der Waals surface area contributed by atoms with Crippen molar-refractivity contribution in [3.05, 3.63) is 27.4 Å². The highest BCUT2D eigenvalue weighted by molar-refractivity contribution is 6.30. The van der Waals surface area contributed by atoms with Gasteiger partial charge in [-0.25, -0.2) is 4.98 Å². The number of nitrogens with two attached hydrogens (primary N) is 1. The summed E-state index contributed by atoms with van der Waals surface area (Å²) in [6, 6.07) is 1.28. The van der Waals surface area contributed by atoms with Gasteiger partial charge >= 0.3 is 5.69 Å². The van der Waals surface area contributed by atoms with Crippen LogP contribution in [0.15, 0.2) is 12.3 Å². The lowest BCUT2D eigenvalue weighted by atomic mass is 9.96. The molecule has 0 aromatic carbocycles. The third kappa shape index (κ3) is 2.93. The maximum absolute atomic E-state index is 11.1. The van der Waals surface area contributed by atoms with Gasteiger partial charge in [0.1, 0.15) is 0 Å². The molecule has 0 saturated carbocycles. The molecule has 1 aromatic rings. The number of piperidine rings is 1. The smallest absolute Gasteiger partial charge is 0.313 e. The molecule has 1 aromatic heterocycles. The van der Waals surface area contributed by atoms with Crippen molar-refractivity contribution < 1.29 is 9.72 Å². The number of primary amides is 1. The molecule has 19 heavy (non-hydrogen) atoms. The molecule has 0 bridgehead atoms. The van der Waals surface area contributed by atoms with Crippen LogP contribution < -0.4 is 10.6 Å². The number of anilines is 1. The van der Waals surface area contributed by atoms with Crippen molar-refractivity contribution in [2.45, 2.75) is 12.8 Å². The first-order valence-electron chi connectivity index (χ1n) is 5.83. The molecular formula is C11H13ClN4O3. The number of carbonyl (C=O) groups excluding carboxylic acids is 1. The number of aromatic nitrogens is 1. The van der Waals surface area contributed by atoms with Crippen molar-refractivity contribution >= 4 is 29.0 Å². The highest BCUT2D eigenvalue weighted by Crippen LogP contribution is 2.31. The molecule has 1 amide bonds. The van der Waals surface area contributed by atoms with E-state index in [2.05, 4.69) is 4.98 Å². The summed E-state index contributed by atoms with van der Waals surface area (Å²) in [4.78, 5) is 27.4. The fraction of sp³-hybridized carbons (Fsp3) is 0.455. The fourth-order valence-electron chi connectivity index (χ4n) is 2.18. The summed E-state index contributed by atoms with van der Waals surface area (Å²) in [7, 11) is 0. The van der Waals surface area contributed by atoms with Gasteiger partial charge in [-0.15, -0.1) is 0 Å². The molecule has 1 aliphatic heterocycles. The minimum Gasteiger partial charge on any atom is -0.369 e. The zero-order chi connectivity index (χ0) is 14.0. The number of halogens is 1. The zero-order valence-electron chi connectivity index (χ0n) is 10.1. The molecule has 1 aliphatic rings. The lowest BCUT2D eigenvalue weighted by Crippen LogP contribution is -2.39. The molecule has 2 rings (SSSR count). The Hall–Kier alpha value is -1.89. The predicted molar refractivity (Wildman–Crippen MR) is 70.0 cm³/mol. The molecular weight excluding hydrogens is 272 g/mol. The number of nitrogens with zero attached hydrogens (tertiary/aromatic N) is 3. The van der Waals surface area contributed by atoms with E-state index in [4.69, 9.17) is 17.3 Å². The van der Waals surface area contributed by atoms with Gasteiger partial charge in [0.15, 0.2) is 0 Å². The molecule has 0 radical (unpaired) electrons. The second-order valence-electron chi connectivity index (χ2n) is 4.42. The van der Waals surface area contributed by atoms with Crippen LogP contribution in [0.4, 0.5) is 11.5 Å². The minimum atomic E-state index is -0.506. The summed E-state index contributed by atoms with van der Waals surface area (Å²) in [5, 5.41) is 11.2. The summed E-state index contributed by atoms with van der Waals surface area (Å²) in [5.74, 6) is -0.196. The number of nitro groups is 1. The summed E-state index contributed by atoms with van der Waals surface area (Å²) >= 11 is 5.72. The minimum absolute atomic E-state index is 0.120. The molecule has 0 aliphatic carbocycles. The Balaban J connectivity index is 2.20. The second-order valence-corrected chi connectivity index (χ2v) is 4.85. The highest BCUT2D eigenvalue weighted by Gasteiger charge is 2.28. The quantitative estimate of drug-likeness (QED) is 0.666. The van der Waals surface area contributed by atoms with Crippen LogP contribution in [0.5, 0.6) is 0 Å². The molecule has 7 nitrogen and oxygen atoms in total. The summed E-state index contributed by atoms with van der Waals surface area (Å²) in [5.41, 5.74) is 5.13. The summed E-state index contributed by atoms with van der Waals surface area (Å²) in [6.07, 6.45) is 2.54. The topological polar surface area (TPSA) is 102 Å². The molecule has 8 heteroatoms. The first-order valence-corrected chi connectivity index (χ1v) is 6.21. The Kier molecular flexibility index (Phi) is 3.84. The van der Waals surface area contributed by atoms with Crippen LogP contribution in [-0.4, -0.2) is 28.9 Å². The van der Waals surface area contributed by atoms with Crippen molar-refractivity contribution in [2.75, 3.05) is 18.0 Å². The number of hydrogen-bond donors (Lipinski definition) is 1. The Morgan fingerprint density at radius 1 is 1.53 bits per heavy atom. The number of carbonyl (C=O) groups is 1. The summed E-state index contributed by atoms with van der Waals surface area (Å²) in [6.45, 7) is 1.03. The zero-order valence-corrected chi connectivity index (χ0v) is 10.8. The first-order chi connectivity index (χ1) is 8.99. The molecule has 1 fully saturated rings. The molecule has 102 valence electrons. The van der Waals surface area contributed by atoms with E-state index >= 15 is 0 Å². The molecule has 0 atom stereocenters. The number of amides is 1. The Morgan fingerprint density at radius 2 is 2.16 bits per heavy atom. The van der Waals surface area contributed by atoms with Crippen molar-refractivity contribution in [1.82, 2.24) is 4.98 Å². The van der Waals surface area contributed by atoms with Gasteiger partial charge < -0.3 is 10.6 Å². The van der Waals surface area contributed by atoms with Crippen LogP contribution in [-0.2, 0) is 4.79 Å². The van der Waals surface area contributed by atoms with Gasteiger partial charge in [0.25, 0.3) is 0 Å². The lowest BCUT2D eigenvalue weighted by molar-refractivity contribution is -0.384. The first kappa shape index (κ1) is 13.5. The lowest BCUT2D eigenvalue weighted by Gasteiger charge is -2.30. The van der Waals surface area contributed by atoms with Gasteiger partial charge in [0.05, 0.1) is 9.95 Å².